The van der Waals surface area contributed by atoms with Crippen molar-refractivity contribution in [2.45, 2.75) is 48.9 Å². The van der Waals surface area contributed by atoms with Gasteiger partial charge in [0.15, 0.2) is 0 Å². The first-order chi connectivity index (χ1) is 8.36. The monoisotopic (exact) mass is 309 g/mol. The molecular formula is C13H18Cl3NO. The van der Waals surface area contributed by atoms with E-state index < -0.39 is 3.79 Å². The van der Waals surface area contributed by atoms with Gasteiger partial charge >= 0.3 is 0 Å². The largest absolute Gasteiger partial charge is 0.473 e. The maximum absolute atomic E-state index is 7.67. The lowest BCUT2D eigenvalue weighted by molar-refractivity contribution is 0.0674. The van der Waals surface area contributed by atoms with Crippen LogP contribution in [0.25, 0.3) is 0 Å². The number of alkyl halides is 3. The Balaban J connectivity index is 2.73. The smallest absolute Gasteiger partial charge is 0.265 e. The summed E-state index contributed by atoms with van der Waals surface area (Å²) in [7, 11) is 0. The Morgan fingerprint density at radius 2 is 1.89 bits per heavy atom. The molecule has 0 radical (unpaired) electrons. The molecule has 0 aromatic heterocycles. The van der Waals surface area contributed by atoms with Crippen LogP contribution in [0.5, 0.6) is 0 Å². The highest BCUT2D eigenvalue weighted by molar-refractivity contribution is 6.76. The summed E-state index contributed by atoms with van der Waals surface area (Å²) >= 11 is 16.9. The molecule has 0 spiro atoms. The van der Waals surface area contributed by atoms with E-state index in [1.165, 1.54) is 19.3 Å². The van der Waals surface area contributed by atoms with Gasteiger partial charge in [-0.05, 0) is 25.7 Å². The molecule has 2 nitrogen and oxygen atoms in total. The zero-order valence-electron chi connectivity index (χ0n) is 10.4. The van der Waals surface area contributed by atoms with Gasteiger partial charge in [-0.2, -0.15) is 0 Å². The van der Waals surface area contributed by atoms with Gasteiger partial charge in [0, 0.05) is 0 Å². The van der Waals surface area contributed by atoms with Gasteiger partial charge in [0.05, 0.1) is 5.92 Å². The molecule has 5 heteroatoms. The highest BCUT2D eigenvalue weighted by Crippen LogP contribution is 2.34. The molecule has 0 bridgehead atoms. The van der Waals surface area contributed by atoms with Gasteiger partial charge in [-0.15, -0.1) is 6.42 Å². The quantitative estimate of drug-likeness (QED) is 0.352. The van der Waals surface area contributed by atoms with Gasteiger partial charge < -0.3 is 4.74 Å². The van der Waals surface area contributed by atoms with Crippen LogP contribution in [0.15, 0.2) is 0 Å². The van der Waals surface area contributed by atoms with E-state index >= 15 is 0 Å². The predicted octanol–water partition coefficient (Wildman–Crippen LogP) is 4.57. The molecule has 102 valence electrons. The molecule has 1 aliphatic rings. The number of hydrogen-bond acceptors (Lipinski definition) is 2. The Hall–Kier alpha value is -0.100. The molecule has 1 rings (SSSR count). The van der Waals surface area contributed by atoms with Gasteiger partial charge in [-0.1, -0.05) is 60.0 Å². The average Bonchev–Trinajstić information content (AvgIpc) is 2.34. The zero-order chi connectivity index (χ0) is 13.8. The van der Waals surface area contributed by atoms with Crippen LogP contribution >= 0.6 is 34.8 Å². The van der Waals surface area contributed by atoms with Crippen molar-refractivity contribution in [1.29, 1.82) is 5.41 Å². The number of terminal acetylenes is 1. The molecule has 18 heavy (non-hydrogen) atoms. The van der Waals surface area contributed by atoms with Gasteiger partial charge in [0.2, 0.25) is 5.90 Å². The summed E-state index contributed by atoms with van der Waals surface area (Å²) in [6.07, 6.45) is 10.9. The lowest BCUT2D eigenvalue weighted by Crippen LogP contribution is -2.37. The maximum Gasteiger partial charge on any atom is 0.265 e. The lowest BCUT2D eigenvalue weighted by Gasteiger charge is -2.33. The Labute approximate surface area is 124 Å². The molecule has 1 N–H and O–H groups in total. The zero-order valence-corrected chi connectivity index (χ0v) is 12.7. The topological polar surface area (TPSA) is 33.1 Å². The van der Waals surface area contributed by atoms with Gasteiger partial charge in [0.1, 0.15) is 6.10 Å². The van der Waals surface area contributed by atoms with Gasteiger partial charge in [-0.25, -0.2) is 0 Å². The molecule has 0 saturated heterocycles. The third kappa shape index (κ3) is 4.53. The average molecular weight is 311 g/mol. The Kier molecular flexibility index (Phi) is 6.11. The molecule has 0 heterocycles. The second-order valence-corrected chi connectivity index (χ2v) is 7.04. The molecule has 0 aromatic carbocycles. The third-order valence-corrected chi connectivity index (χ3v) is 3.90. The Morgan fingerprint density at radius 3 is 2.33 bits per heavy atom. The Bertz CT molecular complexity index is 326. The van der Waals surface area contributed by atoms with Crippen molar-refractivity contribution in [3.8, 4) is 12.3 Å². The molecule has 0 amide bonds. The van der Waals surface area contributed by atoms with Crippen molar-refractivity contribution in [1.82, 2.24) is 0 Å². The summed E-state index contributed by atoms with van der Waals surface area (Å²) in [5.41, 5.74) is 0. The second-order valence-electron chi connectivity index (χ2n) is 4.76. The third-order valence-electron chi connectivity index (χ3n) is 3.38. The standard InChI is InChI=1S/C13H18Cl3NO/c1-3-9(2)11(10-7-5-4-6-8-10)18-12(17)13(14,15)16/h1,9-11,17H,4-8H2,2H3/t9-,11+/m0/s1. The molecule has 2 atom stereocenters. The van der Waals surface area contributed by atoms with Crippen LogP contribution < -0.4 is 0 Å². The molecule has 0 unspecified atom stereocenters. The summed E-state index contributed by atoms with van der Waals surface area (Å²) in [5.74, 6) is 2.57. The Morgan fingerprint density at radius 1 is 1.33 bits per heavy atom. The van der Waals surface area contributed by atoms with Crippen LogP contribution in [-0.2, 0) is 4.74 Å². The predicted molar refractivity (Wildman–Crippen MR) is 77.5 cm³/mol. The number of rotatable bonds is 3. The van der Waals surface area contributed by atoms with Crippen molar-refractivity contribution in [2.75, 3.05) is 0 Å². The highest BCUT2D eigenvalue weighted by atomic mass is 35.6. The fourth-order valence-electron chi connectivity index (χ4n) is 2.37. The van der Waals surface area contributed by atoms with E-state index in [9.17, 15) is 0 Å². The lowest BCUT2D eigenvalue weighted by atomic mass is 9.81. The first-order valence-corrected chi connectivity index (χ1v) is 7.28. The first-order valence-electron chi connectivity index (χ1n) is 6.14. The number of ether oxygens (including phenoxy) is 1. The summed E-state index contributed by atoms with van der Waals surface area (Å²) in [5, 5.41) is 7.67. The first kappa shape index (κ1) is 16.0. The summed E-state index contributed by atoms with van der Waals surface area (Å²) in [6, 6.07) is 0. The fraction of sp³-hybridized carbons (Fsp3) is 0.769. The van der Waals surface area contributed by atoms with Crippen LogP contribution in [0.1, 0.15) is 39.0 Å². The number of halogens is 3. The molecule has 1 aliphatic carbocycles. The minimum atomic E-state index is -1.82. The molecule has 1 fully saturated rings. The second kappa shape index (κ2) is 6.89. The van der Waals surface area contributed by atoms with Crippen LogP contribution in [-0.4, -0.2) is 15.8 Å². The minimum absolute atomic E-state index is 0.0965. The molecular weight excluding hydrogens is 293 g/mol. The van der Waals surface area contributed by atoms with E-state index in [0.717, 1.165) is 12.8 Å². The van der Waals surface area contributed by atoms with Crippen LogP contribution in [0, 0.1) is 29.6 Å². The van der Waals surface area contributed by atoms with E-state index in [2.05, 4.69) is 5.92 Å². The van der Waals surface area contributed by atoms with Crippen LogP contribution in [0.4, 0.5) is 0 Å². The summed E-state index contributed by atoms with van der Waals surface area (Å²) < 4.78 is 3.73. The minimum Gasteiger partial charge on any atom is -0.473 e. The van der Waals surface area contributed by atoms with E-state index in [1.807, 2.05) is 6.92 Å². The van der Waals surface area contributed by atoms with Crippen LogP contribution in [0.3, 0.4) is 0 Å². The number of nitrogens with one attached hydrogen (secondary N) is 1. The fourth-order valence-corrected chi connectivity index (χ4v) is 2.50. The number of hydrogen-bond donors (Lipinski definition) is 1. The highest BCUT2D eigenvalue weighted by Gasteiger charge is 2.35. The summed E-state index contributed by atoms with van der Waals surface area (Å²) in [6.45, 7) is 1.91. The van der Waals surface area contributed by atoms with Crippen molar-refractivity contribution >= 4 is 40.7 Å². The van der Waals surface area contributed by atoms with Crippen LogP contribution in [0.2, 0.25) is 0 Å². The van der Waals surface area contributed by atoms with E-state index in [1.54, 1.807) is 0 Å². The van der Waals surface area contributed by atoms with Gasteiger partial charge in [-0.3, -0.25) is 5.41 Å². The molecule has 1 saturated carbocycles. The van der Waals surface area contributed by atoms with Crippen molar-refractivity contribution < 1.29 is 4.74 Å². The molecule has 0 aromatic rings. The van der Waals surface area contributed by atoms with E-state index in [4.69, 9.17) is 51.4 Å². The maximum atomic E-state index is 7.67. The van der Waals surface area contributed by atoms with Crippen molar-refractivity contribution in [3.63, 3.8) is 0 Å². The normalized spacial score (nSPS) is 20.8. The SMILES string of the molecule is C#C[C@H](C)[C@@H](OC(=N)C(Cl)(Cl)Cl)C1CCCCC1. The molecule has 0 aliphatic heterocycles. The van der Waals surface area contributed by atoms with Gasteiger partial charge in [0.25, 0.3) is 3.79 Å². The van der Waals surface area contributed by atoms with Crippen molar-refractivity contribution in [3.05, 3.63) is 0 Å². The van der Waals surface area contributed by atoms with Crippen molar-refractivity contribution in [2.24, 2.45) is 11.8 Å². The van der Waals surface area contributed by atoms with E-state index in [-0.39, 0.29) is 17.9 Å². The van der Waals surface area contributed by atoms with E-state index in [0.29, 0.717) is 5.92 Å². The summed E-state index contributed by atoms with van der Waals surface area (Å²) in [4.78, 5) is 0.